The number of hydrogen-bond donors (Lipinski definition) is 0. The van der Waals surface area contributed by atoms with Crippen LogP contribution in [0.1, 0.15) is 67.6 Å². The molecule has 150 valence electrons. The first-order chi connectivity index (χ1) is 13.3. The van der Waals surface area contributed by atoms with E-state index in [1.807, 2.05) is 33.8 Å². The number of nitrogens with zero attached hydrogens (tertiary/aromatic N) is 2. The minimum atomic E-state index is -0.542. The summed E-state index contributed by atoms with van der Waals surface area (Å²) in [6, 6.07) is 6.97. The second kappa shape index (κ2) is 8.31. The molecule has 2 heterocycles. The van der Waals surface area contributed by atoms with E-state index in [9.17, 15) is 9.59 Å². The second-order valence-electron chi connectivity index (χ2n) is 7.69. The van der Waals surface area contributed by atoms with Crippen LogP contribution in [0, 0.1) is 0 Å². The molecule has 1 fully saturated rings. The van der Waals surface area contributed by atoms with Crippen LogP contribution in [-0.2, 0) is 4.74 Å². The van der Waals surface area contributed by atoms with Crippen molar-refractivity contribution < 1.29 is 19.1 Å². The van der Waals surface area contributed by atoms with Gasteiger partial charge in [-0.1, -0.05) is 12.1 Å². The van der Waals surface area contributed by atoms with Crippen molar-refractivity contribution in [3.8, 4) is 5.75 Å². The van der Waals surface area contributed by atoms with Crippen LogP contribution < -0.4 is 4.74 Å². The van der Waals surface area contributed by atoms with Gasteiger partial charge in [0.25, 0.3) is 0 Å². The van der Waals surface area contributed by atoms with Crippen molar-refractivity contribution in [2.75, 3.05) is 13.2 Å². The highest BCUT2D eigenvalue weighted by molar-refractivity contribution is 7.10. The fraction of sp³-hybridized carbons (Fsp3) is 0.476. The van der Waals surface area contributed by atoms with Crippen LogP contribution in [0.15, 0.2) is 29.6 Å². The fourth-order valence-corrected chi connectivity index (χ4v) is 4.09. The quantitative estimate of drug-likeness (QED) is 0.669. The molecule has 1 aromatic carbocycles. The van der Waals surface area contributed by atoms with Gasteiger partial charge in [-0.15, -0.1) is 11.3 Å². The maximum Gasteiger partial charge on any atom is 0.410 e. The molecule has 1 atom stereocenters. The Hall–Kier alpha value is -2.41. The zero-order valence-electron chi connectivity index (χ0n) is 16.7. The lowest BCUT2D eigenvalue weighted by Gasteiger charge is -2.27. The highest BCUT2D eigenvalue weighted by atomic mass is 32.1. The zero-order valence-corrected chi connectivity index (χ0v) is 17.5. The molecule has 3 rings (SSSR count). The Bertz CT molecular complexity index is 856. The maximum absolute atomic E-state index is 12.8. The summed E-state index contributed by atoms with van der Waals surface area (Å²) < 4.78 is 11.0. The lowest BCUT2D eigenvalue weighted by molar-refractivity contribution is 0.0224. The number of rotatable bonds is 5. The largest absolute Gasteiger partial charge is 0.494 e. The molecule has 1 aliphatic rings. The summed E-state index contributed by atoms with van der Waals surface area (Å²) in [6.07, 6.45) is 1.38. The van der Waals surface area contributed by atoms with Crippen molar-refractivity contribution in [2.45, 2.75) is 52.2 Å². The van der Waals surface area contributed by atoms with E-state index < -0.39 is 5.60 Å². The molecule has 0 saturated carbocycles. The number of aromatic nitrogens is 1. The molecule has 1 amide bonds. The second-order valence-corrected chi connectivity index (χ2v) is 8.58. The summed E-state index contributed by atoms with van der Waals surface area (Å²) in [7, 11) is 0. The monoisotopic (exact) mass is 402 g/mol. The molecule has 0 N–H and O–H groups in total. The average Bonchev–Trinajstić information content (AvgIpc) is 3.29. The Morgan fingerprint density at radius 1 is 1.32 bits per heavy atom. The van der Waals surface area contributed by atoms with Crippen LogP contribution >= 0.6 is 11.3 Å². The number of carbonyl (C=O) groups excluding carboxylic acids is 2. The Kier molecular flexibility index (Phi) is 6.03. The van der Waals surface area contributed by atoms with Crippen molar-refractivity contribution in [3.63, 3.8) is 0 Å². The Morgan fingerprint density at radius 2 is 2.11 bits per heavy atom. The van der Waals surface area contributed by atoms with E-state index in [0.29, 0.717) is 30.2 Å². The van der Waals surface area contributed by atoms with E-state index in [-0.39, 0.29) is 17.9 Å². The van der Waals surface area contributed by atoms with Crippen molar-refractivity contribution in [2.24, 2.45) is 0 Å². The number of carbonyl (C=O) groups is 2. The van der Waals surface area contributed by atoms with E-state index >= 15 is 0 Å². The van der Waals surface area contributed by atoms with E-state index in [1.165, 1.54) is 11.3 Å². The highest BCUT2D eigenvalue weighted by Crippen LogP contribution is 2.35. The molecular weight excluding hydrogens is 376 g/mol. The van der Waals surface area contributed by atoms with E-state index in [0.717, 1.165) is 17.8 Å². The molecule has 0 aliphatic carbocycles. The summed E-state index contributed by atoms with van der Waals surface area (Å²) in [5.41, 5.74) is 0.391. The highest BCUT2D eigenvalue weighted by Gasteiger charge is 2.35. The molecule has 0 radical (unpaired) electrons. The number of likely N-dealkylation sites (tertiary alicyclic amines) is 1. The molecule has 1 saturated heterocycles. The van der Waals surface area contributed by atoms with Crippen LogP contribution in [0.25, 0.3) is 0 Å². The van der Waals surface area contributed by atoms with Gasteiger partial charge >= 0.3 is 6.09 Å². The summed E-state index contributed by atoms with van der Waals surface area (Å²) in [5.74, 6) is 0.515. The Balaban J connectivity index is 1.77. The Labute approximate surface area is 169 Å². The van der Waals surface area contributed by atoms with Gasteiger partial charge in [-0.25, -0.2) is 9.78 Å². The van der Waals surface area contributed by atoms with E-state index in [2.05, 4.69) is 4.98 Å². The normalized spacial score (nSPS) is 16.9. The Morgan fingerprint density at radius 3 is 2.82 bits per heavy atom. The van der Waals surface area contributed by atoms with Crippen molar-refractivity contribution >= 4 is 23.2 Å². The van der Waals surface area contributed by atoms with Gasteiger partial charge < -0.3 is 9.47 Å². The first kappa shape index (κ1) is 20.3. The molecule has 0 bridgehead atoms. The first-order valence-corrected chi connectivity index (χ1v) is 10.4. The molecule has 1 aliphatic heterocycles. The number of hydrogen-bond acceptors (Lipinski definition) is 6. The van der Waals surface area contributed by atoms with E-state index in [1.54, 1.807) is 28.5 Å². The lowest BCUT2D eigenvalue weighted by Crippen LogP contribution is -2.36. The summed E-state index contributed by atoms with van der Waals surface area (Å²) in [5, 5.41) is 2.53. The maximum atomic E-state index is 12.8. The molecule has 0 unspecified atom stereocenters. The third-order valence-electron chi connectivity index (χ3n) is 4.33. The van der Waals surface area contributed by atoms with Crippen LogP contribution in [0.3, 0.4) is 0 Å². The summed E-state index contributed by atoms with van der Waals surface area (Å²) in [6.45, 7) is 8.64. The topological polar surface area (TPSA) is 68.7 Å². The molecule has 7 heteroatoms. The van der Waals surface area contributed by atoms with Gasteiger partial charge in [-0.05, 0) is 52.7 Å². The third-order valence-corrected chi connectivity index (χ3v) is 5.27. The number of amides is 1. The first-order valence-electron chi connectivity index (χ1n) is 9.51. The standard InChI is InChI=1S/C21H26N2O4S/c1-5-26-15-9-6-8-14(12-15)18(24)16-13-28-19(22-16)17-10-7-11-23(17)20(25)27-21(2,3)4/h6,8-9,12-13,17H,5,7,10-11H2,1-4H3/t17-/m0/s1. The van der Waals surface area contributed by atoms with Gasteiger partial charge in [-0.3, -0.25) is 9.69 Å². The SMILES string of the molecule is CCOc1cccc(C(=O)c2csc([C@@H]3CCCN3C(=O)OC(C)(C)C)n2)c1. The molecule has 28 heavy (non-hydrogen) atoms. The number of thiazole rings is 1. The van der Waals surface area contributed by atoms with Crippen LogP contribution in [-0.4, -0.2) is 40.5 Å². The van der Waals surface area contributed by atoms with Crippen LogP contribution in [0.4, 0.5) is 4.79 Å². The number of ketones is 1. The van der Waals surface area contributed by atoms with Gasteiger partial charge in [0.15, 0.2) is 0 Å². The number of ether oxygens (including phenoxy) is 2. The lowest BCUT2D eigenvalue weighted by atomic mass is 10.1. The van der Waals surface area contributed by atoms with Crippen LogP contribution in [0.2, 0.25) is 0 Å². The molecule has 1 aromatic heterocycles. The van der Waals surface area contributed by atoms with Gasteiger partial charge in [0.1, 0.15) is 22.1 Å². The van der Waals surface area contributed by atoms with E-state index in [4.69, 9.17) is 9.47 Å². The predicted octanol–water partition coefficient (Wildman–Crippen LogP) is 4.84. The minimum absolute atomic E-state index is 0.142. The van der Waals surface area contributed by atoms with Crippen LogP contribution in [0.5, 0.6) is 5.75 Å². The summed E-state index contributed by atoms with van der Waals surface area (Å²) >= 11 is 1.41. The number of benzene rings is 1. The fourth-order valence-electron chi connectivity index (χ4n) is 3.15. The molecule has 2 aromatic rings. The third kappa shape index (κ3) is 4.70. The summed E-state index contributed by atoms with van der Waals surface area (Å²) in [4.78, 5) is 31.6. The van der Waals surface area contributed by atoms with Crippen molar-refractivity contribution in [1.82, 2.24) is 9.88 Å². The molecule has 0 spiro atoms. The molecular formula is C21H26N2O4S. The van der Waals surface area contributed by atoms with Gasteiger partial charge in [0.05, 0.1) is 12.6 Å². The van der Waals surface area contributed by atoms with Gasteiger partial charge in [0.2, 0.25) is 5.78 Å². The predicted molar refractivity (Wildman–Crippen MR) is 108 cm³/mol. The molecule has 6 nitrogen and oxygen atoms in total. The van der Waals surface area contributed by atoms with Crippen molar-refractivity contribution in [3.05, 3.63) is 45.9 Å². The van der Waals surface area contributed by atoms with Gasteiger partial charge in [-0.2, -0.15) is 0 Å². The average molecular weight is 403 g/mol. The zero-order chi connectivity index (χ0) is 20.3. The minimum Gasteiger partial charge on any atom is -0.494 e. The smallest absolute Gasteiger partial charge is 0.410 e. The van der Waals surface area contributed by atoms with Crippen molar-refractivity contribution in [1.29, 1.82) is 0 Å². The van der Waals surface area contributed by atoms with Gasteiger partial charge in [0, 0.05) is 17.5 Å².